The van der Waals surface area contributed by atoms with Gasteiger partial charge in [0.1, 0.15) is 6.04 Å². The summed E-state index contributed by atoms with van der Waals surface area (Å²) in [5.74, 6) is -0.574. The van der Waals surface area contributed by atoms with Crippen molar-refractivity contribution in [1.29, 1.82) is 0 Å². The Morgan fingerprint density at radius 3 is 2.07 bits per heavy atom. The molecule has 0 aliphatic rings. The van der Waals surface area contributed by atoms with E-state index in [9.17, 15) is 18.0 Å². The molecule has 3 aromatic rings. The third-order valence-corrected chi connectivity index (χ3v) is 9.56. The molecule has 0 fully saturated rings. The van der Waals surface area contributed by atoms with Crippen LogP contribution in [0.15, 0.2) is 83.8 Å². The molecule has 0 unspecified atom stereocenters. The fraction of sp³-hybridized carbons (Fsp3) is 0.355. The highest BCUT2D eigenvalue weighted by Gasteiger charge is 2.32. The van der Waals surface area contributed by atoms with Gasteiger partial charge in [0.25, 0.3) is 0 Å². The van der Waals surface area contributed by atoms with Gasteiger partial charge in [0.05, 0.1) is 4.90 Å². The number of benzene rings is 3. The number of carbonyl (C=O) groups excluding carboxylic acids is 2. The molecule has 3 aromatic carbocycles. The number of hydrogen-bond acceptors (Lipinski definition) is 4. The summed E-state index contributed by atoms with van der Waals surface area (Å²) in [6.07, 6.45) is 1.31. The van der Waals surface area contributed by atoms with E-state index in [0.29, 0.717) is 22.0 Å². The van der Waals surface area contributed by atoms with Gasteiger partial charge in [-0.05, 0) is 49.6 Å². The lowest BCUT2D eigenvalue weighted by Gasteiger charge is -2.33. The molecule has 0 saturated carbocycles. The standard InChI is InChI=1S/C31H37Cl2N3O4S/c1-4-23(2)34-31(38)29(21-24-13-7-5-8-14-24)36(22-26-27(32)17-11-18-28(26)33)30(37)19-12-20-35(3)41(39,40)25-15-9-6-10-16-25/h5-11,13-18,23,29H,4,12,19-22H2,1-3H3,(H,34,38)/t23-,29-/m0/s1. The van der Waals surface area contributed by atoms with E-state index >= 15 is 0 Å². The summed E-state index contributed by atoms with van der Waals surface area (Å²) >= 11 is 13.0. The van der Waals surface area contributed by atoms with Gasteiger partial charge >= 0.3 is 0 Å². The second kappa shape index (κ2) is 15.4. The third kappa shape index (κ3) is 9.04. The molecule has 7 nitrogen and oxygen atoms in total. The number of halogens is 2. The second-order valence-electron chi connectivity index (χ2n) is 9.99. The summed E-state index contributed by atoms with van der Waals surface area (Å²) in [5.41, 5.74) is 1.44. The first-order chi connectivity index (χ1) is 19.5. The van der Waals surface area contributed by atoms with Crippen LogP contribution < -0.4 is 5.32 Å². The monoisotopic (exact) mass is 617 g/mol. The Labute approximate surface area is 253 Å². The van der Waals surface area contributed by atoms with E-state index in [1.165, 1.54) is 28.4 Å². The van der Waals surface area contributed by atoms with Crippen LogP contribution in [0, 0.1) is 0 Å². The Morgan fingerprint density at radius 2 is 1.49 bits per heavy atom. The van der Waals surface area contributed by atoms with Gasteiger partial charge in [-0.3, -0.25) is 9.59 Å². The average molecular weight is 619 g/mol. The minimum atomic E-state index is -3.69. The van der Waals surface area contributed by atoms with Crippen LogP contribution in [0.2, 0.25) is 10.0 Å². The number of rotatable bonds is 14. The number of nitrogens with one attached hydrogen (secondary N) is 1. The predicted molar refractivity (Wildman–Crippen MR) is 164 cm³/mol. The second-order valence-corrected chi connectivity index (χ2v) is 12.8. The van der Waals surface area contributed by atoms with E-state index in [2.05, 4.69) is 5.32 Å². The van der Waals surface area contributed by atoms with E-state index < -0.39 is 16.1 Å². The normalized spacial score (nSPS) is 13.0. The van der Waals surface area contributed by atoms with Crippen molar-refractivity contribution in [1.82, 2.24) is 14.5 Å². The minimum Gasteiger partial charge on any atom is -0.352 e. The van der Waals surface area contributed by atoms with Gasteiger partial charge < -0.3 is 10.2 Å². The molecule has 2 amide bonds. The van der Waals surface area contributed by atoms with Gasteiger partial charge in [0, 0.05) is 54.6 Å². The molecule has 0 aliphatic carbocycles. The van der Waals surface area contributed by atoms with Crippen molar-refractivity contribution < 1.29 is 18.0 Å². The molecule has 41 heavy (non-hydrogen) atoms. The van der Waals surface area contributed by atoms with Gasteiger partial charge in [0.15, 0.2) is 0 Å². The van der Waals surface area contributed by atoms with Crippen LogP contribution >= 0.6 is 23.2 Å². The highest BCUT2D eigenvalue weighted by molar-refractivity contribution is 7.89. The van der Waals surface area contributed by atoms with Gasteiger partial charge in [0.2, 0.25) is 21.8 Å². The Balaban J connectivity index is 1.88. The molecule has 0 radical (unpaired) electrons. The van der Waals surface area contributed by atoms with Crippen LogP contribution in [0.1, 0.15) is 44.2 Å². The zero-order chi connectivity index (χ0) is 30.0. The summed E-state index contributed by atoms with van der Waals surface area (Å²) < 4.78 is 27.1. The number of hydrogen-bond donors (Lipinski definition) is 1. The molecule has 0 aromatic heterocycles. The topological polar surface area (TPSA) is 86.8 Å². The fourth-order valence-electron chi connectivity index (χ4n) is 4.34. The Bertz CT molecular complexity index is 1390. The van der Waals surface area contributed by atoms with E-state index in [4.69, 9.17) is 23.2 Å². The number of carbonyl (C=O) groups is 2. The van der Waals surface area contributed by atoms with E-state index in [1.54, 1.807) is 36.4 Å². The summed E-state index contributed by atoms with van der Waals surface area (Å²) in [6.45, 7) is 4.05. The molecule has 10 heteroatoms. The molecule has 0 aliphatic heterocycles. The van der Waals surface area contributed by atoms with Crippen LogP contribution in [-0.4, -0.2) is 55.1 Å². The van der Waals surface area contributed by atoms with Crippen LogP contribution in [0.3, 0.4) is 0 Å². The maximum absolute atomic E-state index is 13.9. The molecule has 1 N–H and O–H groups in total. The van der Waals surface area contributed by atoms with Gasteiger partial charge in [-0.2, -0.15) is 0 Å². The average Bonchev–Trinajstić information content (AvgIpc) is 2.96. The SMILES string of the molecule is CC[C@H](C)NC(=O)[C@H](Cc1ccccc1)N(Cc1c(Cl)cccc1Cl)C(=O)CCCN(C)S(=O)(=O)c1ccccc1. The molecule has 2 atom stereocenters. The first-order valence-electron chi connectivity index (χ1n) is 13.6. The highest BCUT2D eigenvalue weighted by Crippen LogP contribution is 2.28. The van der Waals surface area contributed by atoms with Crippen LogP contribution in [0.4, 0.5) is 0 Å². The smallest absolute Gasteiger partial charge is 0.243 e. The Morgan fingerprint density at radius 1 is 0.902 bits per heavy atom. The third-order valence-electron chi connectivity index (χ3n) is 6.98. The van der Waals surface area contributed by atoms with Crippen molar-refractivity contribution in [3.63, 3.8) is 0 Å². The molecular formula is C31H37Cl2N3O4S. The van der Waals surface area contributed by atoms with Crippen molar-refractivity contribution in [3.8, 4) is 0 Å². The lowest BCUT2D eigenvalue weighted by Crippen LogP contribution is -2.52. The summed E-state index contributed by atoms with van der Waals surface area (Å²) in [4.78, 5) is 29.2. The number of sulfonamides is 1. The maximum atomic E-state index is 13.9. The van der Waals surface area contributed by atoms with Crippen molar-refractivity contribution in [3.05, 3.63) is 100 Å². The van der Waals surface area contributed by atoms with Crippen LogP contribution in [-0.2, 0) is 32.6 Å². The molecule has 0 bridgehead atoms. The largest absolute Gasteiger partial charge is 0.352 e. The summed E-state index contributed by atoms with van der Waals surface area (Å²) in [6, 6.07) is 21.8. The molecule has 0 spiro atoms. The lowest BCUT2D eigenvalue weighted by atomic mass is 10.0. The van der Waals surface area contributed by atoms with Crippen molar-refractivity contribution in [2.75, 3.05) is 13.6 Å². The molecule has 0 heterocycles. The Kier molecular flexibility index (Phi) is 12.2. The van der Waals surface area contributed by atoms with Gasteiger partial charge in [-0.1, -0.05) is 84.7 Å². The summed E-state index contributed by atoms with van der Waals surface area (Å²) in [7, 11) is -2.20. The zero-order valence-electron chi connectivity index (χ0n) is 23.6. The summed E-state index contributed by atoms with van der Waals surface area (Å²) in [5, 5.41) is 3.81. The maximum Gasteiger partial charge on any atom is 0.243 e. The van der Waals surface area contributed by atoms with Crippen molar-refractivity contribution in [2.45, 2.75) is 63.1 Å². The lowest BCUT2D eigenvalue weighted by molar-refractivity contribution is -0.141. The quantitative estimate of drug-likeness (QED) is 0.242. The highest BCUT2D eigenvalue weighted by atomic mass is 35.5. The van der Waals surface area contributed by atoms with Crippen LogP contribution in [0.5, 0.6) is 0 Å². The molecule has 0 saturated heterocycles. The zero-order valence-corrected chi connectivity index (χ0v) is 25.9. The van der Waals surface area contributed by atoms with Crippen molar-refractivity contribution >= 4 is 45.0 Å². The minimum absolute atomic E-state index is 0.0264. The molecule has 3 rings (SSSR count). The van der Waals surface area contributed by atoms with Crippen LogP contribution in [0.25, 0.3) is 0 Å². The van der Waals surface area contributed by atoms with E-state index in [1.807, 2.05) is 44.2 Å². The van der Waals surface area contributed by atoms with E-state index in [0.717, 1.165) is 12.0 Å². The Hall–Kier alpha value is -2.91. The van der Waals surface area contributed by atoms with Gasteiger partial charge in [-0.15, -0.1) is 0 Å². The van der Waals surface area contributed by atoms with Crippen molar-refractivity contribution in [2.24, 2.45) is 0 Å². The fourth-order valence-corrected chi connectivity index (χ4v) is 6.09. The van der Waals surface area contributed by atoms with Gasteiger partial charge in [-0.25, -0.2) is 12.7 Å². The first-order valence-corrected chi connectivity index (χ1v) is 15.8. The predicted octanol–water partition coefficient (Wildman–Crippen LogP) is 5.95. The van der Waals surface area contributed by atoms with E-state index in [-0.39, 0.29) is 48.7 Å². The number of amides is 2. The number of nitrogens with zero attached hydrogens (tertiary/aromatic N) is 2. The first kappa shape index (κ1) is 32.6. The molecule has 220 valence electrons. The molecular weight excluding hydrogens is 581 g/mol.